The van der Waals surface area contributed by atoms with Crippen LogP contribution in [0.15, 0.2) is 22.7 Å². The zero-order chi connectivity index (χ0) is 13.1. The molecule has 1 aromatic heterocycles. The van der Waals surface area contributed by atoms with Crippen LogP contribution in [0.2, 0.25) is 0 Å². The average molecular weight is 329 g/mol. The van der Waals surface area contributed by atoms with Gasteiger partial charge in [0.2, 0.25) is 0 Å². The van der Waals surface area contributed by atoms with Crippen molar-refractivity contribution in [2.75, 3.05) is 17.6 Å². The number of aromatic amines is 1. The van der Waals surface area contributed by atoms with Gasteiger partial charge in [0.05, 0.1) is 12.3 Å². The standard InChI is InChI=1S/C12H13BrN2O2S/c1-3-17-12(16)11-5-7-4-8(13)10(15-18-2)6-9(7)14-11/h4-6,14-15H,3H2,1-2H3. The lowest BCUT2D eigenvalue weighted by atomic mass is 10.2. The Morgan fingerprint density at radius 3 is 2.94 bits per heavy atom. The Balaban J connectivity index is 2.42. The van der Waals surface area contributed by atoms with Crippen molar-refractivity contribution in [2.24, 2.45) is 0 Å². The van der Waals surface area contributed by atoms with Crippen molar-refractivity contribution in [2.45, 2.75) is 6.92 Å². The van der Waals surface area contributed by atoms with Crippen molar-refractivity contribution < 1.29 is 9.53 Å². The van der Waals surface area contributed by atoms with Gasteiger partial charge < -0.3 is 14.4 Å². The number of benzene rings is 1. The molecule has 0 saturated carbocycles. The molecule has 2 N–H and O–H groups in total. The molecular weight excluding hydrogens is 316 g/mol. The molecule has 18 heavy (non-hydrogen) atoms. The van der Waals surface area contributed by atoms with E-state index in [0.29, 0.717) is 12.3 Å². The van der Waals surface area contributed by atoms with Gasteiger partial charge in [0, 0.05) is 21.6 Å². The fourth-order valence-electron chi connectivity index (χ4n) is 1.66. The molecule has 6 heteroatoms. The molecule has 0 spiro atoms. The number of carbonyl (C=O) groups excluding carboxylic acids is 1. The van der Waals surface area contributed by atoms with E-state index < -0.39 is 0 Å². The molecular formula is C12H13BrN2O2S. The number of halogens is 1. The third kappa shape index (κ3) is 2.64. The molecule has 2 aromatic rings. The second-order valence-corrected chi connectivity index (χ2v) is 5.10. The molecule has 0 fully saturated rings. The zero-order valence-electron chi connectivity index (χ0n) is 10.0. The van der Waals surface area contributed by atoms with Gasteiger partial charge in [-0.15, -0.1) is 0 Å². The Labute approximate surface area is 118 Å². The van der Waals surface area contributed by atoms with Crippen LogP contribution in [0, 0.1) is 0 Å². The number of ether oxygens (including phenoxy) is 1. The van der Waals surface area contributed by atoms with Crippen LogP contribution in [0.4, 0.5) is 5.69 Å². The lowest BCUT2D eigenvalue weighted by Crippen LogP contribution is -2.04. The minimum Gasteiger partial charge on any atom is -0.461 e. The summed E-state index contributed by atoms with van der Waals surface area (Å²) < 4.78 is 9.09. The highest BCUT2D eigenvalue weighted by atomic mass is 79.9. The van der Waals surface area contributed by atoms with E-state index in [9.17, 15) is 4.79 Å². The molecule has 0 unspecified atom stereocenters. The van der Waals surface area contributed by atoms with Gasteiger partial charge >= 0.3 is 5.97 Å². The number of carbonyl (C=O) groups is 1. The largest absolute Gasteiger partial charge is 0.461 e. The minimum absolute atomic E-state index is 0.329. The molecule has 0 aliphatic heterocycles. The highest BCUT2D eigenvalue weighted by molar-refractivity contribution is 9.10. The maximum Gasteiger partial charge on any atom is 0.354 e. The number of esters is 1. The maximum absolute atomic E-state index is 11.6. The quantitative estimate of drug-likeness (QED) is 0.662. The van der Waals surface area contributed by atoms with Crippen molar-refractivity contribution in [3.63, 3.8) is 0 Å². The summed E-state index contributed by atoms with van der Waals surface area (Å²) >= 11 is 5.00. The highest BCUT2D eigenvalue weighted by Crippen LogP contribution is 2.30. The van der Waals surface area contributed by atoms with Crippen LogP contribution >= 0.6 is 27.9 Å². The van der Waals surface area contributed by atoms with Crippen LogP contribution in [-0.2, 0) is 4.74 Å². The first kappa shape index (κ1) is 13.3. The van der Waals surface area contributed by atoms with Crippen molar-refractivity contribution in [1.29, 1.82) is 0 Å². The molecule has 96 valence electrons. The van der Waals surface area contributed by atoms with Gasteiger partial charge in [-0.1, -0.05) is 11.9 Å². The van der Waals surface area contributed by atoms with E-state index in [1.54, 1.807) is 13.0 Å². The Hall–Kier alpha value is -1.14. The van der Waals surface area contributed by atoms with Gasteiger partial charge in [-0.3, -0.25) is 0 Å². The number of fused-ring (bicyclic) bond motifs is 1. The molecule has 1 aromatic carbocycles. The third-order valence-corrected chi connectivity index (χ3v) is 3.50. The number of anilines is 1. The lowest BCUT2D eigenvalue weighted by Gasteiger charge is -2.04. The van der Waals surface area contributed by atoms with E-state index in [1.165, 1.54) is 11.9 Å². The third-order valence-electron chi connectivity index (χ3n) is 2.42. The molecule has 0 aliphatic carbocycles. The Kier molecular flexibility index (Phi) is 4.19. The fraction of sp³-hybridized carbons (Fsp3) is 0.250. The molecule has 0 radical (unpaired) electrons. The van der Waals surface area contributed by atoms with E-state index in [2.05, 4.69) is 25.6 Å². The zero-order valence-corrected chi connectivity index (χ0v) is 12.4. The summed E-state index contributed by atoms with van der Waals surface area (Å²) in [4.78, 5) is 14.7. The van der Waals surface area contributed by atoms with Crippen molar-refractivity contribution in [1.82, 2.24) is 4.98 Å². The second kappa shape index (κ2) is 5.67. The van der Waals surface area contributed by atoms with E-state index in [0.717, 1.165) is 21.1 Å². The summed E-state index contributed by atoms with van der Waals surface area (Å²) in [6.45, 7) is 2.16. The number of hydrogen-bond donors (Lipinski definition) is 2. The van der Waals surface area contributed by atoms with Gasteiger partial charge in [0.15, 0.2) is 0 Å². The van der Waals surface area contributed by atoms with Gasteiger partial charge in [0.25, 0.3) is 0 Å². The van der Waals surface area contributed by atoms with Crippen LogP contribution in [0.5, 0.6) is 0 Å². The van der Waals surface area contributed by atoms with Gasteiger partial charge in [-0.2, -0.15) is 0 Å². The molecule has 4 nitrogen and oxygen atoms in total. The van der Waals surface area contributed by atoms with Gasteiger partial charge in [-0.25, -0.2) is 4.79 Å². The fourth-order valence-corrected chi connectivity index (χ4v) is 2.64. The number of H-pyrrole nitrogens is 1. The predicted octanol–water partition coefficient (Wildman–Crippen LogP) is 3.80. The predicted molar refractivity (Wildman–Crippen MR) is 79.1 cm³/mol. The van der Waals surface area contributed by atoms with E-state index in [4.69, 9.17) is 4.74 Å². The smallest absolute Gasteiger partial charge is 0.354 e. The van der Waals surface area contributed by atoms with Crippen LogP contribution in [0.1, 0.15) is 17.4 Å². The van der Waals surface area contributed by atoms with Crippen molar-refractivity contribution >= 4 is 50.4 Å². The van der Waals surface area contributed by atoms with Crippen LogP contribution in [0.25, 0.3) is 10.9 Å². The normalized spacial score (nSPS) is 10.6. The summed E-state index contributed by atoms with van der Waals surface area (Å²) in [5, 5.41) is 0.969. The second-order valence-electron chi connectivity index (χ2n) is 3.63. The minimum atomic E-state index is -0.329. The highest BCUT2D eigenvalue weighted by Gasteiger charge is 2.11. The number of hydrogen-bond acceptors (Lipinski definition) is 4. The lowest BCUT2D eigenvalue weighted by molar-refractivity contribution is 0.0520. The number of rotatable bonds is 4. The van der Waals surface area contributed by atoms with Crippen LogP contribution in [0.3, 0.4) is 0 Å². The molecule has 0 atom stereocenters. The molecule has 0 bridgehead atoms. The summed E-state index contributed by atoms with van der Waals surface area (Å²) in [7, 11) is 0. The van der Waals surface area contributed by atoms with Crippen LogP contribution in [-0.4, -0.2) is 23.8 Å². The van der Waals surface area contributed by atoms with E-state index in [-0.39, 0.29) is 5.97 Å². The van der Waals surface area contributed by atoms with E-state index >= 15 is 0 Å². The molecule has 2 rings (SSSR count). The van der Waals surface area contributed by atoms with Crippen molar-refractivity contribution in [3.05, 3.63) is 28.4 Å². The first-order valence-corrected chi connectivity index (χ1v) is 7.46. The Morgan fingerprint density at radius 1 is 1.50 bits per heavy atom. The first-order chi connectivity index (χ1) is 8.65. The Morgan fingerprint density at radius 2 is 2.28 bits per heavy atom. The average Bonchev–Trinajstić information content (AvgIpc) is 2.73. The first-order valence-electron chi connectivity index (χ1n) is 5.44. The summed E-state index contributed by atoms with van der Waals surface area (Å²) in [6, 6.07) is 5.71. The SMILES string of the molecule is CCOC(=O)c1cc2cc(Br)c(NSC)cc2[nH]1. The summed E-state index contributed by atoms with van der Waals surface area (Å²) in [5.74, 6) is -0.329. The number of aromatic nitrogens is 1. The topological polar surface area (TPSA) is 54.1 Å². The molecule has 0 saturated heterocycles. The van der Waals surface area contributed by atoms with Crippen molar-refractivity contribution in [3.8, 4) is 0 Å². The maximum atomic E-state index is 11.6. The monoisotopic (exact) mass is 328 g/mol. The molecule has 0 aliphatic rings. The summed E-state index contributed by atoms with van der Waals surface area (Å²) in [5.41, 5.74) is 2.34. The van der Waals surface area contributed by atoms with E-state index in [1.807, 2.05) is 18.4 Å². The van der Waals surface area contributed by atoms with Gasteiger partial charge in [-0.05, 0) is 41.1 Å². The number of nitrogens with one attached hydrogen (secondary N) is 2. The molecule has 1 heterocycles. The van der Waals surface area contributed by atoms with Gasteiger partial charge in [0.1, 0.15) is 5.69 Å². The van der Waals surface area contributed by atoms with Crippen LogP contribution < -0.4 is 4.72 Å². The molecule has 0 amide bonds. The Bertz CT molecular complexity index is 583. The summed E-state index contributed by atoms with van der Waals surface area (Å²) in [6.07, 6.45) is 1.95.